The topological polar surface area (TPSA) is 36.7 Å². The van der Waals surface area contributed by atoms with E-state index in [1.165, 1.54) is 43.4 Å². The minimum atomic E-state index is 0.775. The van der Waals surface area contributed by atoms with Crippen LogP contribution in [0.15, 0.2) is 11.1 Å². The SMILES string of the molecule is CCCCSc1nc2c(cc1C#N)CCCCC2. The summed E-state index contributed by atoms with van der Waals surface area (Å²) in [6.45, 7) is 2.19. The molecule has 0 saturated carbocycles. The van der Waals surface area contributed by atoms with Crippen molar-refractivity contribution >= 4 is 11.8 Å². The fourth-order valence-electron chi connectivity index (χ4n) is 2.29. The third-order valence-corrected chi connectivity index (χ3v) is 4.45. The van der Waals surface area contributed by atoms with Gasteiger partial charge in [0.25, 0.3) is 0 Å². The van der Waals surface area contributed by atoms with Gasteiger partial charge in [-0.15, -0.1) is 11.8 Å². The molecule has 1 aromatic heterocycles. The largest absolute Gasteiger partial charge is 0.245 e. The van der Waals surface area contributed by atoms with E-state index < -0.39 is 0 Å². The van der Waals surface area contributed by atoms with Crippen molar-refractivity contribution in [2.45, 2.75) is 56.9 Å². The molecule has 0 saturated heterocycles. The average Bonchev–Trinajstić information content (AvgIpc) is 2.62. The van der Waals surface area contributed by atoms with Gasteiger partial charge in [0, 0.05) is 5.69 Å². The summed E-state index contributed by atoms with van der Waals surface area (Å²) in [6, 6.07) is 4.39. The molecular weight excluding hydrogens is 240 g/mol. The highest BCUT2D eigenvalue weighted by Gasteiger charge is 2.14. The lowest BCUT2D eigenvalue weighted by Gasteiger charge is -2.09. The molecule has 0 bridgehead atoms. The number of pyridine rings is 1. The Balaban J connectivity index is 2.23. The fourth-order valence-corrected chi connectivity index (χ4v) is 3.36. The van der Waals surface area contributed by atoms with Crippen LogP contribution in [0.3, 0.4) is 0 Å². The summed E-state index contributed by atoms with van der Waals surface area (Å²) in [4.78, 5) is 4.76. The van der Waals surface area contributed by atoms with E-state index in [0.29, 0.717) is 0 Å². The van der Waals surface area contributed by atoms with E-state index in [4.69, 9.17) is 4.98 Å². The molecule has 0 atom stereocenters. The van der Waals surface area contributed by atoms with Gasteiger partial charge in [-0.1, -0.05) is 19.8 Å². The first-order valence-corrected chi connectivity index (χ1v) is 7.89. The molecule has 0 radical (unpaired) electrons. The van der Waals surface area contributed by atoms with Crippen LogP contribution < -0.4 is 0 Å². The second-order valence-electron chi connectivity index (χ2n) is 4.82. The highest BCUT2D eigenvalue weighted by Crippen LogP contribution is 2.27. The molecule has 2 nitrogen and oxygen atoms in total. The molecule has 1 aliphatic rings. The van der Waals surface area contributed by atoms with E-state index in [0.717, 1.165) is 29.2 Å². The van der Waals surface area contributed by atoms with Gasteiger partial charge < -0.3 is 0 Å². The van der Waals surface area contributed by atoms with Gasteiger partial charge in [0.2, 0.25) is 0 Å². The van der Waals surface area contributed by atoms with Crippen molar-refractivity contribution in [2.24, 2.45) is 0 Å². The quantitative estimate of drug-likeness (QED) is 0.464. The molecule has 18 heavy (non-hydrogen) atoms. The summed E-state index contributed by atoms with van der Waals surface area (Å²) < 4.78 is 0. The zero-order valence-electron chi connectivity index (χ0n) is 11.0. The number of nitrogens with zero attached hydrogens (tertiary/aromatic N) is 2. The van der Waals surface area contributed by atoms with Crippen molar-refractivity contribution in [1.29, 1.82) is 5.26 Å². The molecule has 0 aromatic carbocycles. The summed E-state index contributed by atoms with van der Waals surface area (Å²) in [5, 5.41) is 10.2. The van der Waals surface area contributed by atoms with Crippen LogP contribution in [0.1, 0.15) is 55.8 Å². The summed E-state index contributed by atoms with van der Waals surface area (Å²) in [5.41, 5.74) is 3.33. The van der Waals surface area contributed by atoms with Crippen molar-refractivity contribution in [1.82, 2.24) is 4.98 Å². The van der Waals surface area contributed by atoms with Crippen LogP contribution in [-0.2, 0) is 12.8 Å². The van der Waals surface area contributed by atoms with Crippen molar-refractivity contribution in [3.63, 3.8) is 0 Å². The molecule has 0 aliphatic heterocycles. The predicted molar refractivity (Wildman–Crippen MR) is 75.8 cm³/mol. The minimum Gasteiger partial charge on any atom is -0.245 e. The highest BCUT2D eigenvalue weighted by atomic mass is 32.2. The Labute approximate surface area is 114 Å². The van der Waals surface area contributed by atoms with Crippen LogP contribution in [0.25, 0.3) is 0 Å². The van der Waals surface area contributed by atoms with Gasteiger partial charge in [0.15, 0.2) is 0 Å². The van der Waals surface area contributed by atoms with Crippen molar-refractivity contribution in [2.75, 3.05) is 5.75 Å². The standard InChI is InChI=1S/C15H20N2S/c1-2-3-9-18-15-13(11-16)10-12-7-5-4-6-8-14(12)17-15/h10H,2-9H2,1H3. The Morgan fingerprint density at radius 2 is 2.17 bits per heavy atom. The van der Waals surface area contributed by atoms with Crippen LogP contribution in [0.5, 0.6) is 0 Å². The van der Waals surface area contributed by atoms with Gasteiger partial charge in [-0.25, -0.2) is 4.98 Å². The van der Waals surface area contributed by atoms with Crippen LogP contribution in [-0.4, -0.2) is 10.7 Å². The molecule has 0 fully saturated rings. The van der Waals surface area contributed by atoms with Gasteiger partial charge >= 0.3 is 0 Å². The van der Waals surface area contributed by atoms with Gasteiger partial charge in [-0.05, 0) is 49.5 Å². The maximum absolute atomic E-state index is 9.24. The van der Waals surface area contributed by atoms with Crippen LogP contribution >= 0.6 is 11.8 Å². The van der Waals surface area contributed by atoms with Crippen LogP contribution in [0.2, 0.25) is 0 Å². The number of rotatable bonds is 4. The second kappa shape index (κ2) is 6.80. The molecular formula is C15H20N2S. The Morgan fingerprint density at radius 3 is 2.94 bits per heavy atom. The van der Waals surface area contributed by atoms with Gasteiger partial charge in [-0.3, -0.25) is 0 Å². The smallest absolute Gasteiger partial charge is 0.114 e. The molecule has 3 heteroatoms. The van der Waals surface area contributed by atoms with Crippen LogP contribution in [0.4, 0.5) is 0 Å². The lowest BCUT2D eigenvalue weighted by molar-refractivity contribution is 0.707. The zero-order valence-corrected chi connectivity index (χ0v) is 11.9. The number of hydrogen-bond acceptors (Lipinski definition) is 3. The van der Waals surface area contributed by atoms with Gasteiger partial charge in [0.1, 0.15) is 11.1 Å². The Bertz CT molecular complexity index is 449. The molecule has 0 N–H and O–H groups in total. The highest BCUT2D eigenvalue weighted by molar-refractivity contribution is 7.99. The number of unbranched alkanes of at least 4 members (excludes halogenated alkanes) is 1. The molecule has 0 spiro atoms. The maximum atomic E-state index is 9.24. The average molecular weight is 260 g/mol. The summed E-state index contributed by atoms with van der Waals surface area (Å²) >= 11 is 1.74. The summed E-state index contributed by atoms with van der Waals surface area (Å²) in [6.07, 6.45) is 8.33. The number of hydrogen-bond donors (Lipinski definition) is 0. The summed E-state index contributed by atoms with van der Waals surface area (Å²) in [5.74, 6) is 1.07. The molecule has 96 valence electrons. The molecule has 0 amide bonds. The monoisotopic (exact) mass is 260 g/mol. The van der Waals surface area contributed by atoms with Gasteiger partial charge in [-0.2, -0.15) is 5.26 Å². The number of aryl methyl sites for hydroxylation is 2. The number of nitriles is 1. The first kappa shape index (κ1) is 13.4. The van der Waals surface area contributed by atoms with E-state index in [-0.39, 0.29) is 0 Å². The van der Waals surface area contributed by atoms with Crippen LogP contribution in [0, 0.1) is 11.3 Å². The number of thioether (sulfide) groups is 1. The Hall–Kier alpha value is -1.01. The van der Waals surface area contributed by atoms with E-state index in [9.17, 15) is 5.26 Å². The van der Waals surface area contributed by atoms with E-state index >= 15 is 0 Å². The third-order valence-electron chi connectivity index (χ3n) is 3.37. The van der Waals surface area contributed by atoms with Gasteiger partial charge in [0.05, 0.1) is 5.56 Å². The maximum Gasteiger partial charge on any atom is 0.114 e. The summed E-state index contributed by atoms with van der Waals surface area (Å²) in [7, 11) is 0. The Morgan fingerprint density at radius 1 is 1.33 bits per heavy atom. The minimum absolute atomic E-state index is 0.775. The molecule has 1 heterocycles. The molecule has 1 aliphatic carbocycles. The van der Waals surface area contributed by atoms with Crippen molar-refractivity contribution in [3.8, 4) is 6.07 Å². The molecule has 0 unspecified atom stereocenters. The lowest BCUT2D eigenvalue weighted by atomic mass is 10.1. The predicted octanol–water partition coefficient (Wildman–Crippen LogP) is 4.11. The van der Waals surface area contributed by atoms with E-state index in [2.05, 4.69) is 19.1 Å². The van der Waals surface area contributed by atoms with E-state index in [1.54, 1.807) is 11.8 Å². The molecule has 1 aromatic rings. The normalized spacial score (nSPS) is 14.7. The first-order chi connectivity index (χ1) is 8.85. The van der Waals surface area contributed by atoms with Crippen molar-refractivity contribution < 1.29 is 0 Å². The van der Waals surface area contributed by atoms with E-state index in [1.807, 2.05) is 0 Å². The third kappa shape index (κ3) is 3.26. The molecule has 2 rings (SSSR count). The number of fused-ring (bicyclic) bond motifs is 1. The first-order valence-electron chi connectivity index (χ1n) is 6.91. The second-order valence-corrected chi connectivity index (χ2v) is 5.91. The lowest BCUT2D eigenvalue weighted by Crippen LogP contribution is -2.00. The fraction of sp³-hybridized carbons (Fsp3) is 0.600. The number of aromatic nitrogens is 1. The van der Waals surface area contributed by atoms with Crippen molar-refractivity contribution in [3.05, 3.63) is 22.9 Å². The Kier molecular flexibility index (Phi) is 5.07. The zero-order chi connectivity index (χ0) is 12.8.